The Morgan fingerprint density at radius 3 is 2.67 bits per heavy atom. The van der Waals surface area contributed by atoms with E-state index >= 15 is 0 Å². The van der Waals surface area contributed by atoms with Crippen LogP contribution in [-0.4, -0.2) is 28.8 Å². The molecule has 1 aromatic heterocycles. The fourth-order valence-electron chi connectivity index (χ4n) is 2.12. The quantitative estimate of drug-likeness (QED) is 0.853. The van der Waals surface area contributed by atoms with Crippen molar-refractivity contribution in [2.45, 2.75) is 26.4 Å². The Hall–Kier alpha value is -2.14. The summed E-state index contributed by atoms with van der Waals surface area (Å²) in [7, 11) is 0. The van der Waals surface area contributed by atoms with Gasteiger partial charge in [-0.05, 0) is 18.9 Å². The first-order valence-corrected chi connectivity index (χ1v) is 6.92. The Labute approximate surface area is 124 Å². The molecule has 0 spiro atoms. The second-order valence-corrected chi connectivity index (χ2v) is 5.56. The van der Waals surface area contributed by atoms with Gasteiger partial charge < -0.3 is 14.9 Å². The summed E-state index contributed by atoms with van der Waals surface area (Å²) < 4.78 is 4.65. The lowest BCUT2D eigenvalue weighted by molar-refractivity contribution is 0.0499. The van der Waals surface area contributed by atoms with Crippen molar-refractivity contribution in [3.05, 3.63) is 53.9 Å². The molecule has 0 fully saturated rings. The number of amides is 1. The number of aliphatic hydroxyl groups is 1. The van der Waals surface area contributed by atoms with Crippen molar-refractivity contribution in [1.82, 2.24) is 10.5 Å². The summed E-state index contributed by atoms with van der Waals surface area (Å²) in [6, 6.07) is 11.4. The molecule has 2 N–H and O–H groups in total. The second-order valence-electron chi connectivity index (χ2n) is 5.56. The summed E-state index contributed by atoms with van der Waals surface area (Å²) in [6.45, 7) is 4.05. The van der Waals surface area contributed by atoms with E-state index < -0.39 is 11.5 Å². The van der Waals surface area contributed by atoms with Crippen LogP contribution in [-0.2, 0) is 6.42 Å². The van der Waals surface area contributed by atoms with Gasteiger partial charge in [0.2, 0.25) is 0 Å². The molecule has 0 aliphatic heterocycles. The van der Waals surface area contributed by atoms with E-state index in [9.17, 15) is 9.90 Å². The fourth-order valence-corrected chi connectivity index (χ4v) is 2.12. The van der Waals surface area contributed by atoms with Gasteiger partial charge in [0.05, 0.1) is 6.10 Å². The Morgan fingerprint density at radius 2 is 2.10 bits per heavy atom. The first kappa shape index (κ1) is 15.3. The van der Waals surface area contributed by atoms with Crippen molar-refractivity contribution in [3.63, 3.8) is 0 Å². The van der Waals surface area contributed by atoms with Gasteiger partial charge in [0.25, 0.3) is 5.91 Å². The molecule has 112 valence electrons. The molecule has 1 heterocycles. The van der Waals surface area contributed by atoms with Crippen molar-refractivity contribution in [1.29, 1.82) is 0 Å². The van der Waals surface area contributed by atoms with Gasteiger partial charge in [-0.15, -0.1) is 0 Å². The van der Waals surface area contributed by atoms with Crippen LogP contribution in [0, 0.1) is 5.41 Å². The summed E-state index contributed by atoms with van der Waals surface area (Å²) in [5.41, 5.74) is 0.903. The topological polar surface area (TPSA) is 75.4 Å². The number of nitrogens with one attached hydrogen (secondary N) is 1. The highest BCUT2D eigenvalue weighted by Crippen LogP contribution is 2.26. The Balaban J connectivity index is 2.03. The van der Waals surface area contributed by atoms with Gasteiger partial charge in [-0.25, -0.2) is 0 Å². The lowest BCUT2D eigenvalue weighted by atomic mass is 9.79. The van der Waals surface area contributed by atoms with E-state index in [1.807, 2.05) is 37.3 Å². The summed E-state index contributed by atoms with van der Waals surface area (Å²) in [6.07, 6.45) is 1.47. The molecule has 0 bridgehead atoms. The maximum atomic E-state index is 11.9. The van der Waals surface area contributed by atoms with Crippen molar-refractivity contribution >= 4 is 5.91 Å². The minimum absolute atomic E-state index is 0.239. The van der Waals surface area contributed by atoms with Crippen LogP contribution >= 0.6 is 0 Å². The molecule has 0 saturated heterocycles. The summed E-state index contributed by atoms with van der Waals surface area (Å²) in [5, 5.41) is 16.5. The third-order valence-corrected chi connectivity index (χ3v) is 3.78. The highest BCUT2D eigenvalue weighted by molar-refractivity contribution is 5.91. The molecule has 0 unspecified atom stereocenters. The molecular formula is C16H20N2O3. The predicted octanol–water partition coefficient (Wildman–Crippen LogP) is 2.03. The molecule has 0 aliphatic carbocycles. The van der Waals surface area contributed by atoms with E-state index in [4.69, 9.17) is 0 Å². The van der Waals surface area contributed by atoms with Crippen LogP contribution in [0.2, 0.25) is 0 Å². The molecule has 5 nitrogen and oxygen atoms in total. The molecule has 5 heteroatoms. The number of aliphatic hydroxyl groups excluding tert-OH is 1. The molecule has 1 amide bonds. The van der Waals surface area contributed by atoms with E-state index in [-0.39, 0.29) is 11.6 Å². The molecule has 2 aromatic rings. The van der Waals surface area contributed by atoms with Crippen molar-refractivity contribution in [3.8, 4) is 0 Å². The molecule has 2 atom stereocenters. The number of carbonyl (C=O) groups is 1. The first-order valence-electron chi connectivity index (χ1n) is 6.92. The van der Waals surface area contributed by atoms with Crippen LogP contribution in [0.4, 0.5) is 0 Å². The van der Waals surface area contributed by atoms with E-state index in [1.54, 1.807) is 6.92 Å². The van der Waals surface area contributed by atoms with Gasteiger partial charge >= 0.3 is 0 Å². The van der Waals surface area contributed by atoms with Gasteiger partial charge in [0.15, 0.2) is 5.69 Å². The number of hydrogen-bond donors (Lipinski definition) is 2. The van der Waals surface area contributed by atoms with Gasteiger partial charge in [0, 0.05) is 18.0 Å². The lowest BCUT2D eigenvalue weighted by Gasteiger charge is -2.33. The SMILES string of the molecule is C[C@H](O)[C@@](C)(CNC(=O)c1ccon1)Cc1ccccc1. The zero-order chi connectivity index (χ0) is 15.3. The maximum absolute atomic E-state index is 11.9. The van der Waals surface area contributed by atoms with Gasteiger partial charge in [0.1, 0.15) is 6.26 Å². The summed E-state index contributed by atoms with van der Waals surface area (Å²) in [5.74, 6) is -0.302. The molecule has 0 aliphatic rings. The second kappa shape index (κ2) is 6.54. The van der Waals surface area contributed by atoms with E-state index in [0.717, 1.165) is 5.56 Å². The third-order valence-electron chi connectivity index (χ3n) is 3.78. The Bertz CT molecular complexity index is 566. The van der Waals surface area contributed by atoms with Crippen LogP contribution < -0.4 is 5.32 Å². The molecule has 0 saturated carbocycles. The predicted molar refractivity (Wildman–Crippen MR) is 78.8 cm³/mol. The van der Waals surface area contributed by atoms with Crippen molar-refractivity contribution in [2.24, 2.45) is 5.41 Å². The van der Waals surface area contributed by atoms with E-state index in [1.165, 1.54) is 12.3 Å². The number of rotatable bonds is 6. The van der Waals surface area contributed by atoms with Gasteiger partial charge in [-0.1, -0.05) is 42.4 Å². The smallest absolute Gasteiger partial charge is 0.273 e. The highest BCUT2D eigenvalue weighted by atomic mass is 16.5. The van der Waals surface area contributed by atoms with Crippen LogP contribution in [0.3, 0.4) is 0 Å². The molecule has 2 rings (SSSR count). The molecular weight excluding hydrogens is 268 g/mol. The largest absolute Gasteiger partial charge is 0.393 e. The van der Waals surface area contributed by atoms with Crippen molar-refractivity contribution in [2.75, 3.05) is 6.54 Å². The fraction of sp³-hybridized carbons (Fsp3) is 0.375. The number of nitrogens with zero attached hydrogens (tertiary/aromatic N) is 1. The first-order chi connectivity index (χ1) is 10.0. The standard InChI is InChI=1S/C16H20N2O3/c1-12(19)16(2,10-13-6-4-3-5-7-13)11-17-15(20)14-8-9-21-18-14/h3-9,12,19H,10-11H2,1-2H3,(H,17,20)/t12-,16+/m0/s1. The lowest BCUT2D eigenvalue weighted by Crippen LogP contribution is -2.43. The zero-order valence-corrected chi connectivity index (χ0v) is 12.2. The van der Waals surface area contributed by atoms with Crippen LogP contribution in [0.1, 0.15) is 29.9 Å². The number of hydrogen-bond acceptors (Lipinski definition) is 4. The molecule has 0 radical (unpaired) electrons. The van der Waals surface area contributed by atoms with Crippen LogP contribution in [0.15, 0.2) is 47.2 Å². The minimum Gasteiger partial charge on any atom is -0.393 e. The minimum atomic E-state index is -0.560. The van der Waals surface area contributed by atoms with Gasteiger partial charge in [-0.3, -0.25) is 4.79 Å². The number of benzene rings is 1. The Morgan fingerprint density at radius 1 is 1.38 bits per heavy atom. The average molecular weight is 288 g/mol. The highest BCUT2D eigenvalue weighted by Gasteiger charge is 2.31. The van der Waals surface area contributed by atoms with E-state index in [0.29, 0.717) is 13.0 Å². The zero-order valence-electron chi connectivity index (χ0n) is 12.2. The molecule has 1 aromatic carbocycles. The third kappa shape index (κ3) is 3.92. The Kier molecular flexibility index (Phi) is 4.75. The summed E-state index contributed by atoms with van der Waals surface area (Å²) >= 11 is 0. The molecule has 21 heavy (non-hydrogen) atoms. The monoisotopic (exact) mass is 288 g/mol. The van der Waals surface area contributed by atoms with Crippen LogP contribution in [0.5, 0.6) is 0 Å². The normalized spacial score (nSPS) is 15.2. The average Bonchev–Trinajstić information content (AvgIpc) is 3.00. The number of aromatic nitrogens is 1. The summed E-state index contributed by atoms with van der Waals surface area (Å²) in [4.78, 5) is 11.9. The van der Waals surface area contributed by atoms with E-state index in [2.05, 4.69) is 15.0 Å². The van der Waals surface area contributed by atoms with Crippen LogP contribution in [0.25, 0.3) is 0 Å². The van der Waals surface area contributed by atoms with Crippen molar-refractivity contribution < 1.29 is 14.4 Å². The number of carbonyl (C=O) groups excluding carboxylic acids is 1. The maximum Gasteiger partial charge on any atom is 0.273 e. The van der Waals surface area contributed by atoms with Gasteiger partial charge in [-0.2, -0.15) is 0 Å².